The average Bonchev–Trinajstić information content (AvgIpc) is 3.38. The second-order valence-corrected chi connectivity index (χ2v) is 16.3. The number of carbonyl (C=O) groups is 3. The van der Waals surface area contributed by atoms with Gasteiger partial charge in [-0.2, -0.15) is 0 Å². The van der Waals surface area contributed by atoms with Gasteiger partial charge in [-0.25, -0.2) is 9.59 Å². The Hall–Kier alpha value is -3.79. The molecule has 1 aliphatic heterocycles. The quantitative estimate of drug-likeness (QED) is 0.275. The van der Waals surface area contributed by atoms with E-state index >= 15 is 0 Å². The van der Waals surface area contributed by atoms with Gasteiger partial charge in [0.25, 0.3) is 0 Å². The molecule has 10 heteroatoms. The average molecular weight is 692 g/mol. The van der Waals surface area contributed by atoms with Gasteiger partial charge in [0.05, 0.1) is 12.7 Å². The Morgan fingerprint density at radius 3 is 2.22 bits per heavy atom. The highest BCUT2D eigenvalue weighted by Gasteiger charge is 2.70. The van der Waals surface area contributed by atoms with E-state index in [1.54, 1.807) is 46.9 Å². The summed E-state index contributed by atoms with van der Waals surface area (Å²) in [5.41, 5.74) is 0.406. The molecule has 2 aromatic carbocycles. The molecule has 3 amide bonds. The van der Waals surface area contributed by atoms with Crippen LogP contribution in [0.1, 0.15) is 97.1 Å². The molecule has 1 heterocycles. The molecule has 50 heavy (non-hydrogen) atoms. The first-order chi connectivity index (χ1) is 23.5. The van der Waals surface area contributed by atoms with Gasteiger partial charge in [-0.15, -0.1) is 0 Å². The minimum atomic E-state index is -1.09. The van der Waals surface area contributed by atoms with Crippen molar-refractivity contribution in [2.75, 3.05) is 27.7 Å². The maximum Gasteiger partial charge on any atom is 0.412 e. The Kier molecular flexibility index (Phi) is 10.8. The molecule has 3 fully saturated rings. The summed E-state index contributed by atoms with van der Waals surface area (Å²) >= 11 is 0. The highest BCUT2D eigenvalue weighted by atomic mass is 16.6. The Morgan fingerprint density at radius 2 is 1.66 bits per heavy atom. The van der Waals surface area contributed by atoms with Gasteiger partial charge in [-0.05, 0) is 93.9 Å². The topological polar surface area (TPSA) is 107 Å². The lowest BCUT2D eigenvalue weighted by molar-refractivity contribution is -0.235. The zero-order chi connectivity index (χ0) is 36.5. The lowest BCUT2D eigenvalue weighted by Gasteiger charge is -2.54. The van der Waals surface area contributed by atoms with Crippen molar-refractivity contribution < 1.29 is 33.3 Å². The molecule has 10 nitrogen and oxygen atoms in total. The van der Waals surface area contributed by atoms with Gasteiger partial charge in [-0.1, -0.05) is 63.2 Å². The van der Waals surface area contributed by atoms with Crippen molar-refractivity contribution >= 4 is 18.1 Å². The number of alkyl carbamates (subject to hydrolysis) is 1. The number of nitrogens with one attached hydrogen (secondary N) is 1. The molecule has 0 radical (unpaired) electrons. The summed E-state index contributed by atoms with van der Waals surface area (Å²) in [5, 5.41) is 2.90. The summed E-state index contributed by atoms with van der Waals surface area (Å²) in [7, 11) is 4.95. The first-order valence-corrected chi connectivity index (χ1v) is 18.0. The molecule has 2 aliphatic carbocycles. The molecular formula is C40H57N3O7. The monoisotopic (exact) mass is 691 g/mol. The largest absolute Gasteiger partial charge is 0.497 e. The van der Waals surface area contributed by atoms with Crippen molar-refractivity contribution in [3.63, 3.8) is 0 Å². The number of rotatable bonds is 10. The molecule has 1 saturated heterocycles. The maximum atomic E-state index is 14.6. The Balaban J connectivity index is 1.59. The predicted octanol–water partition coefficient (Wildman–Crippen LogP) is 7.51. The molecule has 1 N–H and O–H groups in total. The van der Waals surface area contributed by atoms with Crippen molar-refractivity contribution in [2.45, 2.75) is 116 Å². The number of likely N-dealkylation sites (N-methyl/N-ethyl adjacent to an activating group) is 1. The molecule has 3 aliphatic rings. The second kappa shape index (κ2) is 14.4. The summed E-state index contributed by atoms with van der Waals surface area (Å²) in [6.07, 6.45) is 3.47. The van der Waals surface area contributed by atoms with Crippen molar-refractivity contribution in [1.29, 1.82) is 0 Å². The first-order valence-electron chi connectivity index (χ1n) is 18.0. The van der Waals surface area contributed by atoms with E-state index in [1.807, 2.05) is 54.6 Å². The summed E-state index contributed by atoms with van der Waals surface area (Å²) < 4.78 is 24.4. The lowest BCUT2D eigenvalue weighted by Crippen LogP contribution is -2.62. The van der Waals surface area contributed by atoms with Crippen LogP contribution in [0.2, 0.25) is 0 Å². The highest BCUT2D eigenvalue weighted by Crippen LogP contribution is 2.72. The van der Waals surface area contributed by atoms with E-state index in [2.05, 4.69) is 26.1 Å². The van der Waals surface area contributed by atoms with Gasteiger partial charge in [0.15, 0.2) is 0 Å². The van der Waals surface area contributed by atoms with Crippen LogP contribution in [0.4, 0.5) is 9.59 Å². The van der Waals surface area contributed by atoms with Crippen molar-refractivity contribution in [1.82, 2.24) is 15.1 Å². The van der Waals surface area contributed by atoms with Crippen LogP contribution in [-0.2, 0) is 25.6 Å². The Bertz CT molecular complexity index is 1510. The van der Waals surface area contributed by atoms with Crippen molar-refractivity contribution in [3.05, 3.63) is 65.7 Å². The van der Waals surface area contributed by atoms with Gasteiger partial charge in [0, 0.05) is 32.0 Å². The van der Waals surface area contributed by atoms with E-state index in [9.17, 15) is 14.4 Å². The molecule has 2 saturated carbocycles. The fourth-order valence-corrected chi connectivity index (χ4v) is 8.81. The van der Waals surface area contributed by atoms with Gasteiger partial charge in [0.1, 0.15) is 30.2 Å². The number of carbonyl (C=O) groups excluding carboxylic acids is 3. The fourth-order valence-electron chi connectivity index (χ4n) is 8.81. The first kappa shape index (κ1) is 37.5. The number of methoxy groups -OCH3 is 1. The minimum absolute atomic E-state index is 0.0125. The number of nitrogens with zero attached hydrogens (tertiary/aromatic N) is 2. The Morgan fingerprint density at radius 1 is 0.980 bits per heavy atom. The van der Waals surface area contributed by atoms with Gasteiger partial charge in [0.2, 0.25) is 5.91 Å². The fraction of sp³-hybridized carbons (Fsp3) is 0.625. The zero-order valence-electron chi connectivity index (χ0n) is 31.4. The van der Waals surface area contributed by atoms with Crippen molar-refractivity contribution in [2.24, 2.45) is 16.7 Å². The Labute approximate surface area is 298 Å². The van der Waals surface area contributed by atoms with E-state index in [1.165, 1.54) is 11.3 Å². The number of benzene rings is 2. The molecule has 0 aromatic heterocycles. The highest BCUT2D eigenvalue weighted by molar-refractivity contribution is 5.87. The van der Waals surface area contributed by atoms with Gasteiger partial charge < -0.3 is 29.2 Å². The van der Waals surface area contributed by atoms with Gasteiger partial charge >= 0.3 is 12.2 Å². The standard InChI is InChI=1S/C40H57N3O7/c1-37(2,3)50-35(45)41-25-31(28-17-19-30(47-9)20-18-28)33(34(44)42(7)8)43(36(46)48-26-27-14-11-10-12-15-27)32-16-13-22-40(49-32)24-29-21-23-39(40,6)38(29,4)5/h10-12,14-15,17-20,29,31-33H,13,16,21-26H2,1-9H3,(H,41,45)/t29-,31-,32-,33-,39-,40-/m1/s1. The van der Waals surface area contributed by atoms with Crippen LogP contribution < -0.4 is 10.1 Å². The summed E-state index contributed by atoms with van der Waals surface area (Å²) in [6, 6.07) is 15.8. The van der Waals surface area contributed by atoms with E-state index in [0.717, 1.165) is 36.8 Å². The van der Waals surface area contributed by atoms with E-state index in [4.69, 9.17) is 18.9 Å². The third kappa shape index (κ3) is 7.32. The SMILES string of the molecule is COc1ccc([C@@H](CNC(=O)OC(C)(C)C)[C@H](C(=O)N(C)C)N(C(=O)OCc2ccccc2)[C@H]2CCC[C@]3(C[C@H]4CC[C@]3(C)C4(C)C)O2)cc1. The van der Waals surface area contributed by atoms with Crippen molar-refractivity contribution in [3.8, 4) is 5.75 Å². The third-order valence-corrected chi connectivity index (χ3v) is 11.9. The van der Waals surface area contributed by atoms with Crippen LogP contribution in [0, 0.1) is 16.7 Å². The summed E-state index contributed by atoms with van der Waals surface area (Å²) in [4.78, 5) is 45.3. The van der Waals surface area contributed by atoms with Crippen LogP contribution in [0.3, 0.4) is 0 Å². The second-order valence-electron chi connectivity index (χ2n) is 16.3. The molecule has 2 aromatic rings. The van der Waals surface area contributed by atoms with E-state index in [0.29, 0.717) is 18.1 Å². The summed E-state index contributed by atoms with van der Waals surface area (Å²) in [6.45, 7) is 12.5. The summed E-state index contributed by atoms with van der Waals surface area (Å²) in [5.74, 6) is 0.165. The van der Waals surface area contributed by atoms with Crippen LogP contribution in [0.25, 0.3) is 0 Å². The number of hydrogen-bond donors (Lipinski definition) is 1. The molecule has 1 spiro atoms. The minimum Gasteiger partial charge on any atom is -0.497 e. The molecule has 0 unspecified atom stereocenters. The number of amides is 3. The van der Waals surface area contributed by atoms with Crippen LogP contribution in [0.5, 0.6) is 5.75 Å². The molecule has 6 atom stereocenters. The van der Waals surface area contributed by atoms with Crippen LogP contribution >= 0.6 is 0 Å². The number of fused-ring (bicyclic) bond motifs is 3. The number of ether oxygens (including phenoxy) is 4. The molecule has 2 bridgehead atoms. The zero-order valence-corrected chi connectivity index (χ0v) is 31.4. The molecule has 274 valence electrons. The van der Waals surface area contributed by atoms with Crippen LogP contribution in [0.15, 0.2) is 54.6 Å². The van der Waals surface area contributed by atoms with Gasteiger partial charge in [-0.3, -0.25) is 9.69 Å². The van der Waals surface area contributed by atoms with Crippen LogP contribution in [-0.4, -0.2) is 79.1 Å². The smallest absolute Gasteiger partial charge is 0.412 e. The normalized spacial score (nSPS) is 26.5. The number of hydrogen-bond acceptors (Lipinski definition) is 7. The molecule has 5 rings (SSSR count). The molecular weight excluding hydrogens is 634 g/mol. The maximum absolute atomic E-state index is 14.6. The predicted molar refractivity (Wildman–Crippen MR) is 192 cm³/mol. The van der Waals surface area contributed by atoms with E-state index in [-0.39, 0.29) is 29.9 Å². The van der Waals surface area contributed by atoms with E-state index < -0.39 is 41.6 Å². The third-order valence-electron chi connectivity index (χ3n) is 11.9. The lowest BCUT2D eigenvalue weighted by atomic mass is 9.62.